The molecule has 7 nitrogen and oxygen atoms in total. The minimum Gasteiger partial charge on any atom is -0.496 e. The molecule has 1 fully saturated rings. The molecule has 1 heterocycles. The smallest absolute Gasteiger partial charge is 0.325 e. The van der Waals surface area contributed by atoms with Crippen molar-refractivity contribution in [3.05, 3.63) is 29.3 Å². The summed E-state index contributed by atoms with van der Waals surface area (Å²) in [5.41, 5.74) is 0.301. The fraction of sp³-hybridized carbons (Fsp3) is 0.500. The first kappa shape index (κ1) is 18.8. The molecule has 0 aromatic heterocycles. The third-order valence-electron chi connectivity index (χ3n) is 4.57. The minimum absolute atomic E-state index is 0.0103. The summed E-state index contributed by atoms with van der Waals surface area (Å²) < 4.78 is 5.23. The van der Waals surface area contributed by atoms with Crippen LogP contribution >= 0.6 is 0 Å². The summed E-state index contributed by atoms with van der Waals surface area (Å²) in [6, 6.07) is 4.73. The Bertz CT molecular complexity index is 704. The molecule has 0 spiro atoms. The van der Waals surface area contributed by atoms with E-state index in [1.807, 2.05) is 20.8 Å². The van der Waals surface area contributed by atoms with Crippen LogP contribution in [-0.2, 0) is 15.1 Å². The highest BCUT2D eigenvalue weighted by Gasteiger charge is 2.49. The van der Waals surface area contributed by atoms with E-state index in [-0.39, 0.29) is 18.5 Å². The van der Waals surface area contributed by atoms with Crippen LogP contribution in [0.15, 0.2) is 18.2 Å². The number of nitrogens with one attached hydrogen (secondary N) is 2. The highest BCUT2D eigenvalue weighted by Crippen LogP contribution is 2.31. The van der Waals surface area contributed by atoms with Crippen molar-refractivity contribution in [3.8, 4) is 5.75 Å². The van der Waals surface area contributed by atoms with E-state index in [1.165, 1.54) is 0 Å². The standard InChI is InChI=1S/C18H25N3O4/c1-6-12(3)19-15(22)10-21-16(23)18(4,20-17(21)24)13-7-8-14(25-5)11(2)9-13/h7-9,12H,6,10H2,1-5H3,(H,19,22)(H,20,24). The molecular weight excluding hydrogens is 322 g/mol. The Labute approximate surface area is 147 Å². The predicted octanol–water partition coefficient (Wildman–Crippen LogP) is 1.69. The molecule has 0 bridgehead atoms. The summed E-state index contributed by atoms with van der Waals surface area (Å²) in [6.07, 6.45) is 0.773. The van der Waals surface area contributed by atoms with Crippen molar-refractivity contribution in [2.45, 2.75) is 45.7 Å². The summed E-state index contributed by atoms with van der Waals surface area (Å²) in [5, 5.41) is 5.46. The van der Waals surface area contributed by atoms with E-state index in [0.29, 0.717) is 11.3 Å². The van der Waals surface area contributed by atoms with E-state index in [0.717, 1.165) is 16.9 Å². The molecule has 1 aromatic rings. The van der Waals surface area contributed by atoms with Crippen molar-refractivity contribution >= 4 is 17.8 Å². The zero-order valence-corrected chi connectivity index (χ0v) is 15.3. The van der Waals surface area contributed by atoms with E-state index in [9.17, 15) is 14.4 Å². The van der Waals surface area contributed by atoms with E-state index >= 15 is 0 Å². The maximum absolute atomic E-state index is 12.8. The first-order chi connectivity index (χ1) is 11.7. The SMILES string of the molecule is CCC(C)NC(=O)CN1C(=O)NC(C)(c2ccc(OC)c(C)c2)C1=O. The Hall–Kier alpha value is -2.57. The first-order valence-electron chi connectivity index (χ1n) is 8.31. The summed E-state index contributed by atoms with van der Waals surface area (Å²) in [5.74, 6) is -0.0942. The summed E-state index contributed by atoms with van der Waals surface area (Å²) in [6.45, 7) is 7.03. The van der Waals surface area contributed by atoms with Crippen LogP contribution in [0.2, 0.25) is 0 Å². The molecule has 0 radical (unpaired) electrons. The Kier molecular flexibility index (Phi) is 5.35. The van der Waals surface area contributed by atoms with Gasteiger partial charge in [0.05, 0.1) is 7.11 Å². The second-order valence-corrected chi connectivity index (χ2v) is 6.51. The number of imide groups is 1. The molecule has 4 amide bonds. The van der Waals surface area contributed by atoms with Crippen molar-refractivity contribution in [1.29, 1.82) is 0 Å². The monoisotopic (exact) mass is 347 g/mol. The number of carbonyl (C=O) groups is 3. The molecule has 1 aromatic carbocycles. The molecular formula is C18H25N3O4. The van der Waals surface area contributed by atoms with Gasteiger partial charge in [-0.25, -0.2) is 4.79 Å². The van der Waals surface area contributed by atoms with Gasteiger partial charge in [-0.2, -0.15) is 0 Å². The quantitative estimate of drug-likeness (QED) is 0.767. The fourth-order valence-corrected chi connectivity index (χ4v) is 2.79. The second-order valence-electron chi connectivity index (χ2n) is 6.51. The molecule has 1 aliphatic rings. The van der Waals surface area contributed by atoms with Gasteiger partial charge in [-0.3, -0.25) is 14.5 Å². The predicted molar refractivity (Wildman–Crippen MR) is 93.2 cm³/mol. The number of nitrogens with zero attached hydrogens (tertiary/aromatic N) is 1. The molecule has 2 N–H and O–H groups in total. The van der Waals surface area contributed by atoms with E-state index in [4.69, 9.17) is 4.74 Å². The Morgan fingerprint density at radius 1 is 1.40 bits per heavy atom. The molecule has 0 saturated carbocycles. The maximum atomic E-state index is 12.8. The summed E-state index contributed by atoms with van der Waals surface area (Å²) in [7, 11) is 1.57. The number of rotatable bonds is 6. The van der Waals surface area contributed by atoms with Gasteiger partial charge in [0.2, 0.25) is 5.91 Å². The normalized spacial score (nSPS) is 21.1. The molecule has 2 rings (SSSR count). The van der Waals surface area contributed by atoms with Crippen LogP contribution in [0.3, 0.4) is 0 Å². The zero-order chi connectivity index (χ0) is 18.8. The number of amides is 4. The van der Waals surface area contributed by atoms with Gasteiger partial charge in [0.25, 0.3) is 5.91 Å². The lowest BCUT2D eigenvalue weighted by Gasteiger charge is -2.23. The summed E-state index contributed by atoms with van der Waals surface area (Å²) in [4.78, 5) is 38.1. The highest BCUT2D eigenvalue weighted by molar-refractivity contribution is 6.09. The van der Waals surface area contributed by atoms with E-state index in [2.05, 4.69) is 10.6 Å². The number of aryl methyl sites for hydroxylation is 1. The molecule has 1 saturated heterocycles. The van der Waals surface area contributed by atoms with Gasteiger partial charge in [-0.1, -0.05) is 13.0 Å². The van der Waals surface area contributed by atoms with Gasteiger partial charge in [0.15, 0.2) is 0 Å². The zero-order valence-electron chi connectivity index (χ0n) is 15.3. The number of ether oxygens (including phenoxy) is 1. The van der Waals surface area contributed by atoms with E-state index in [1.54, 1.807) is 32.2 Å². The number of urea groups is 1. The van der Waals surface area contributed by atoms with Crippen LogP contribution in [0.5, 0.6) is 5.75 Å². The molecule has 2 unspecified atom stereocenters. The second kappa shape index (κ2) is 7.13. The van der Waals surface area contributed by atoms with Crippen LogP contribution in [0.1, 0.15) is 38.3 Å². The Balaban J connectivity index is 2.21. The van der Waals surface area contributed by atoms with Crippen molar-refractivity contribution in [1.82, 2.24) is 15.5 Å². The lowest BCUT2D eigenvalue weighted by Crippen LogP contribution is -2.44. The largest absolute Gasteiger partial charge is 0.496 e. The highest BCUT2D eigenvalue weighted by atomic mass is 16.5. The number of hydrogen-bond acceptors (Lipinski definition) is 4. The topological polar surface area (TPSA) is 87.7 Å². The lowest BCUT2D eigenvalue weighted by molar-refractivity contribution is -0.135. The summed E-state index contributed by atoms with van der Waals surface area (Å²) >= 11 is 0. The van der Waals surface area contributed by atoms with Crippen molar-refractivity contribution in [2.75, 3.05) is 13.7 Å². The number of benzene rings is 1. The molecule has 1 aliphatic heterocycles. The van der Waals surface area contributed by atoms with Crippen LogP contribution in [0.4, 0.5) is 4.79 Å². The Morgan fingerprint density at radius 2 is 2.08 bits per heavy atom. The number of methoxy groups -OCH3 is 1. The van der Waals surface area contributed by atoms with Crippen LogP contribution in [0, 0.1) is 6.92 Å². The lowest BCUT2D eigenvalue weighted by atomic mass is 9.90. The maximum Gasteiger partial charge on any atom is 0.325 e. The third-order valence-corrected chi connectivity index (χ3v) is 4.57. The molecule has 136 valence electrons. The Morgan fingerprint density at radius 3 is 2.64 bits per heavy atom. The molecule has 7 heteroatoms. The molecule has 2 atom stereocenters. The first-order valence-corrected chi connectivity index (χ1v) is 8.31. The number of hydrogen-bond donors (Lipinski definition) is 2. The van der Waals surface area contributed by atoms with Gasteiger partial charge in [0, 0.05) is 6.04 Å². The van der Waals surface area contributed by atoms with Crippen LogP contribution < -0.4 is 15.4 Å². The van der Waals surface area contributed by atoms with Crippen molar-refractivity contribution < 1.29 is 19.1 Å². The molecule has 0 aliphatic carbocycles. The minimum atomic E-state index is -1.20. The van der Waals surface area contributed by atoms with Crippen molar-refractivity contribution in [2.24, 2.45) is 0 Å². The number of carbonyl (C=O) groups excluding carboxylic acids is 3. The third kappa shape index (κ3) is 3.60. The average molecular weight is 347 g/mol. The van der Waals surface area contributed by atoms with Gasteiger partial charge in [-0.15, -0.1) is 0 Å². The van der Waals surface area contributed by atoms with E-state index < -0.39 is 17.5 Å². The average Bonchev–Trinajstić information content (AvgIpc) is 2.78. The van der Waals surface area contributed by atoms with Gasteiger partial charge in [-0.05, 0) is 50.5 Å². The van der Waals surface area contributed by atoms with Crippen LogP contribution in [-0.4, -0.2) is 42.4 Å². The van der Waals surface area contributed by atoms with Crippen LogP contribution in [0.25, 0.3) is 0 Å². The van der Waals surface area contributed by atoms with Gasteiger partial charge < -0.3 is 15.4 Å². The van der Waals surface area contributed by atoms with Crippen molar-refractivity contribution in [3.63, 3.8) is 0 Å². The van der Waals surface area contributed by atoms with Gasteiger partial charge in [0.1, 0.15) is 17.8 Å². The van der Waals surface area contributed by atoms with Gasteiger partial charge >= 0.3 is 6.03 Å². The molecule has 25 heavy (non-hydrogen) atoms. The fourth-order valence-electron chi connectivity index (χ4n) is 2.79.